The molecule has 0 saturated heterocycles. The van der Waals surface area contributed by atoms with E-state index in [2.05, 4.69) is 5.10 Å². The number of rotatable bonds is 4. The quantitative estimate of drug-likeness (QED) is 0.871. The Kier molecular flexibility index (Phi) is 3.79. The number of hydrogen-bond acceptors (Lipinski definition) is 3. The first kappa shape index (κ1) is 12.5. The molecule has 1 aromatic rings. The van der Waals surface area contributed by atoms with E-state index in [9.17, 15) is 4.39 Å². The molecular weight excluding hydrogens is 221 g/mol. The summed E-state index contributed by atoms with van der Waals surface area (Å²) in [6.07, 6.45) is 4.12. The van der Waals surface area contributed by atoms with Gasteiger partial charge in [-0.05, 0) is 31.7 Å². The topological polar surface area (TPSA) is 53.1 Å². The van der Waals surface area contributed by atoms with Crippen LogP contribution < -0.4 is 5.73 Å². The van der Waals surface area contributed by atoms with Crippen LogP contribution in [0.3, 0.4) is 0 Å². The largest absolute Gasteiger partial charge is 0.383 e. The van der Waals surface area contributed by atoms with Crippen molar-refractivity contribution in [2.75, 3.05) is 13.7 Å². The number of methoxy groups -OCH3 is 1. The maximum absolute atomic E-state index is 14.8. The lowest BCUT2D eigenvalue weighted by molar-refractivity contribution is 0.0838. The van der Waals surface area contributed by atoms with E-state index in [0.717, 1.165) is 12.8 Å². The van der Waals surface area contributed by atoms with Gasteiger partial charge in [0.2, 0.25) is 0 Å². The lowest BCUT2D eigenvalue weighted by atomic mass is 9.82. The molecule has 4 nitrogen and oxygen atoms in total. The third-order valence-corrected chi connectivity index (χ3v) is 3.51. The van der Waals surface area contributed by atoms with Gasteiger partial charge in [0, 0.05) is 19.3 Å². The van der Waals surface area contributed by atoms with Gasteiger partial charge in [-0.3, -0.25) is 4.68 Å². The number of aromatic nitrogens is 2. The fourth-order valence-corrected chi connectivity index (χ4v) is 2.42. The molecule has 0 bridgehead atoms. The van der Waals surface area contributed by atoms with E-state index in [-0.39, 0.29) is 6.04 Å². The number of halogens is 1. The Morgan fingerprint density at radius 3 is 2.94 bits per heavy atom. The van der Waals surface area contributed by atoms with Crippen molar-refractivity contribution < 1.29 is 9.13 Å². The van der Waals surface area contributed by atoms with Gasteiger partial charge in [0.25, 0.3) is 0 Å². The second kappa shape index (κ2) is 5.14. The Labute approximate surface area is 101 Å². The highest BCUT2D eigenvalue weighted by molar-refractivity contribution is 5.13. The summed E-state index contributed by atoms with van der Waals surface area (Å²) < 4.78 is 21.6. The van der Waals surface area contributed by atoms with E-state index in [1.54, 1.807) is 24.1 Å². The van der Waals surface area contributed by atoms with Crippen molar-refractivity contribution in [3.05, 3.63) is 18.0 Å². The molecule has 0 spiro atoms. The molecule has 17 heavy (non-hydrogen) atoms. The van der Waals surface area contributed by atoms with E-state index in [1.165, 1.54) is 0 Å². The van der Waals surface area contributed by atoms with E-state index >= 15 is 0 Å². The summed E-state index contributed by atoms with van der Waals surface area (Å²) in [4.78, 5) is 0. The SMILES string of the molecule is COCCn1nccc1C1(F)CCC(N)CC1. The third kappa shape index (κ3) is 2.66. The van der Waals surface area contributed by atoms with Gasteiger partial charge < -0.3 is 10.5 Å². The summed E-state index contributed by atoms with van der Waals surface area (Å²) in [6.45, 7) is 1.14. The standard InChI is InChI=1S/C12H20FN3O/c1-17-9-8-16-11(4-7-15-16)12(13)5-2-10(14)3-6-12/h4,7,10H,2-3,5-6,8-9,14H2,1H3. The molecule has 0 amide bonds. The van der Waals surface area contributed by atoms with Crippen molar-refractivity contribution >= 4 is 0 Å². The van der Waals surface area contributed by atoms with E-state index < -0.39 is 5.67 Å². The van der Waals surface area contributed by atoms with Crippen LogP contribution in [0.1, 0.15) is 31.4 Å². The first-order valence-electron chi connectivity index (χ1n) is 6.11. The van der Waals surface area contributed by atoms with Gasteiger partial charge in [-0.15, -0.1) is 0 Å². The van der Waals surface area contributed by atoms with Crippen molar-refractivity contribution in [3.8, 4) is 0 Å². The zero-order valence-corrected chi connectivity index (χ0v) is 10.2. The molecule has 96 valence electrons. The normalized spacial score (nSPS) is 29.5. The van der Waals surface area contributed by atoms with Gasteiger partial charge in [0.1, 0.15) is 0 Å². The van der Waals surface area contributed by atoms with E-state index in [0.29, 0.717) is 31.7 Å². The second-order valence-electron chi connectivity index (χ2n) is 4.74. The van der Waals surface area contributed by atoms with Crippen LogP contribution in [-0.4, -0.2) is 29.5 Å². The average Bonchev–Trinajstić information content (AvgIpc) is 2.79. The zero-order chi connectivity index (χ0) is 12.3. The maximum Gasteiger partial charge on any atom is 0.152 e. The van der Waals surface area contributed by atoms with E-state index in [1.807, 2.05) is 0 Å². The van der Waals surface area contributed by atoms with Gasteiger partial charge in [0.05, 0.1) is 18.8 Å². The first-order valence-corrected chi connectivity index (χ1v) is 6.11. The highest BCUT2D eigenvalue weighted by Crippen LogP contribution is 2.40. The molecule has 2 rings (SSSR count). The molecule has 0 aromatic carbocycles. The number of hydrogen-bond donors (Lipinski definition) is 1. The van der Waals surface area contributed by atoms with Crippen LogP contribution in [-0.2, 0) is 17.0 Å². The highest BCUT2D eigenvalue weighted by atomic mass is 19.1. The number of nitrogens with two attached hydrogens (primary N) is 1. The smallest absolute Gasteiger partial charge is 0.152 e. The molecule has 0 radical (unpaired) electrons. The summed E-state index contributed by atoms with van der Waals surface area (Å²) in [6, 6.07) is 1.92. The summed E-state index contributed by atoms with van der Waals surface area (Å²) >= 11 is 0. The zero-order valence-electron chi connectivity index (χ0n) is 10.2. The van der Waals surface area contributed by atoms with Gasteiger partial charge in [0.15, 0.2) is 5.67 Å². The van der Waals surface area contributed by atoms with E-state index in [4.69, 9.17) is 10.5 Å². The summed E-state index contributed by atoms with van der Waals surface area (Å²) in [5.41, 5.74) is 5.22. The van der Waals surface area contributed by atoms with Crippen molar-refractivity contribution in [2.45, 2.75) is 43.9 Å². The molecule has 1 fully saturated rings. The second-order valence-corrected chi connectivity index (χ2v) is 4.74. The van der Waals surface area contributed by atoms with Crippen LogP contribution in [0.25, 0.3) is 0 Å². The van der Waals surface area contributed by atoms with Gasteiger partial charge in [-0.25, -0.2) is 4.39 Å². The van der Waals surface area contributed by atoms with Gasteiger partial charge in [-0.2, -0.15) is 5.10 Å². The fourth-order valence-electron chi connectivity index (χ4n) is 2.42. The Hall–Kier alpha value is -0.940. The molecular formula is C12H20FN3O. The molecule has 1 aliphatic carbocycles. The minimum atomic E-state index is -1.26. The monoisotopic (exact) mass is 241 g/mol. The minimum absolute atomic E-state index is 0.147. The molecule has 2 N–H and O–H groups in total. The molecule has 0 atom stereocenters. The molecule has 1 saturated carbocycles. The average molecular weight is 241 g/mol. The molecule has 5 heteroatoms. The van der Waals surface area contributed by atoms with Gasteiger partial charge >= 0.3 is 0 Å². The van der Waals surface area contributed by atoms with Crippen LogP contribution in [0.5, 0.6) is 0 Å². The minimum Gasteiger partial charge on any atom is -0.383 e. The Bertz CT molecular complexity index is 358. The highest BCUT2D eigenvalue weighted by Gasteiger charge is 2.38. The van der Waals surface area contributed by atoms with Gasteiger partial charge in [-0.1, -0.05) is 0 Å². The number of nitrogens with zero attached hydrogens (tertiary/aromatic N) is 2. The molecule has 1 aromatic heterocycles. The lowest BCUT2D eigenvalue weighted by Crippen LogP contribution is -2.35. The predicted octanol–water partition coefficient (Wildman–Crippen LogP) is 1.60. The van der Waals surface area contributed by atoms with Crippen LogP contribution in [0.4, 0.5) is 4.39 Å². The molecule has 0 unspecified atom stereocenters. The lowest BCUT2D eigenvalue weighted by Gasteiger charge is -2.32. The van der Waals surface area contributed by atoms with Crippen molar-refractivity contribution in [2.24, 2.45) is 5.73 Å². The number of ether oxygens (including phenoxy) is 1. The summed E-state index contributed by atoms with van der Waals surface area (Å²) in [7, 11) is 1.63. The Morgan fingerprint density at radius 2 is 2.29 bits per heavy atom. The van der Waals surface area contributed by atoms with Crippen LogP contribution >= 0.6 is 0 Å². The van der Waals surface area contributed by atoms with Crippen LogP contribution in [0, 0.1) is 0 Å². The first-order chi connectivity index (χ1) is 8.15. The third-order valence-electron chi connectivity index (χ3n) is 3.51. The number of alkyl halides is 1. The van der Waals surface area contributed by atoms with Crippen molar-refractivity contribution in [1.29, 1.82) is 0 Å². The van der Waals surface area contributed by atoms with Crippen molar-refractivity contribution in [3.63, 3.8) is 0 Å². The summed E-state index contributed by atoms with van der Waals surface area (Å²) in [5, 5.41) is 4.16. The molecule has 0 aliphatic heterocycles. The van der Waals surface area contributed by atoms with Crippen LogP contribution in [0.15, 0.2) is 12.3 Å². The predicted molar refractivity (Wildman–Crippen MR) is 63.3 cm³/mol. The summed E-state index contributed by atoms with van der Waals surface area (Å²) in [5.74, 6) is 0. The fraction of sp³-hybridized carbons (Fsp3) is 0.750. The Morgan fingerprint density at radius 1 is 1.59 bits per heavy atom. The molecule has 1 heterocycles. The van der Waals surface area contributed by atoms with Crippen LogP contribution in [0.2, 0.25) is 0 Å². The maximum atomic E-state index is 14.8. The molecule has 1 aliphatic rings. The Balaban J connectivity index is 2.12. The van der Waals surface area contributed by atoms with Crippen molar-refractivity contribution in [1.82, 2.24) is 9.78 Å².